The van der Waals surface area contributed by atoms with Crippen molar-refractivity contribution in [2.24, 2.45) is 7.05 Å². The van der Waals surface area contributed by atoms with E-state index >= 15 is 0 Å². The quantitative estimate of drug-likeness (QED) is 0.638. The topological polar surface area (TPSA) is 112 Å². The summed E-state index contributed by atoms with van der Waals surface area (Å²) in [6.07, 6.45) is 6.05. The predicted octanol–water partition coefficient (Wildman–Crippen LogP) is 2.42. The number of carbonyl (C=O) groups excluding carboxylic acids is 2. The molecule has 0 unspecified atom stereocenters. The highest BCUT2D eigenvalue weighted by atomic mass is 35.5. The lowest BCUT2D eigenvalue weighted by atomic mass is 10.0. The number of hydrogen-bond acceptors (Lipinski definition) is 5. The number of nitrogens with one attached hydrogen (secondary N) is 2. The Bertz CT molecular complexity index is 1060. The van der Waals surface area contributed by atoms with E-state index in [1.165, 1.54) is 21.8 Å². The SMILES string of the molecule is CCn1ncc(NC(=O)C(C)(C)n2cc(Cl)cn2)c1C(=O)Nc1cnn(C)c1C. The summed E-state index contributed by atoms with van der Waals surface area (Å²) >= 11 is 5.92. The zero-order valence-electron chi connectivity index (χ0n) is 16.9. The van der Waals surface area contributed by atoms with Gasteiger partial charge in [-0.3, -0.25) is 23.6 Å². The molecule has 3 heterocycles. The molecular formula is C18H23ClN8O2. The third kappa shape index (κ3) is 3.88. The van der Waals surface area contributed by atoms with Crippen LogP contribution in [0.1, 0.15) is 37.0 Å². The van der Waals surface area contributed by atoms with Crippen LogP contribution in [-0.2, 0) is 23.9 Å². The molecule has 0 fully saturated rings. The molecule has 0 saturated carbocycles. The average molecular weight is 419 g/mol. The minimum atomic E-state index is -1.03. The molecule has 0 radical (unpaired) electrons. The first-order chi connectivity index (χ1) is 13.6. The van der Waals surface area contributed by atoms with Gasteiger partial charge in [-0.25, -0.2) is 0 Å². The lowest BCUT2D eigenvalue weighted by Gasteiger charge is -2.24. The summed E-state index contributed by atoms with van der Waals surface area (Å²) in [6.45, 7) is 7.58. The molecule has 3 aromatic rings. The molecule has 2 N–H and O–H groups in total. The van der Waals surface area contributed by atoms with E-state index in [1.54, 1.807) is 38.0 Å². The molecule has 29 heavy (non-hydrogen) atoms. The molecule has 0 aromatic carbocycles. The molecule has 0 aliphatic carbocycles. The Hall–Kier alpha value is -3.14. The van der Waals surface area contributed by atoms with Gasteiger partial charge >= 0.3 is 0 Å². The minimum Gasteiger partial charge on any atom is -0.321 e. The summed E-state index contributed by atoms with van der Waals surface area (Å²) in [5, 5.41) is 18.5. The van der Waals surface area contributed by atoms with Crippen molar-refractivity contribution in [1.82, 2.24) is 29.3 Å². The number of rotatable bonds is 6. The molecule has 10 nitrogen and oxygen atoms in total. The largest absolute Gasteiger partial charge is 0.321 e. The minimum absolute atomic E-state index is 0.249. The zero-order chi connectivity index (χ0) is 21.3. The molecule has 3 aromatic heterocycles. The third-order valence-corrected chi connectivity index (χ3v) is 4.96. The second-order valence-electron chi connectivity index (χ2n) is 7.06. The van der Waals surface area contributed by atoms with E-state index in [0.717, 1.165) is 5.69 Å². The second kappa shape index (κ2) is 7.70. The van der Waals surface area contributed by atoms with Crippen LogP contribution in [0.5, 0.6) is 0 Å². The normalized spacial score (nSPS) is 11.5. The number of aromatic nitrogens is 6. The summed E-state index contributed by atoms with van der Waals surface area (Å²) in [4.78, 5) is 25.9. The first-order valence-electron chi connectivity index (χ1n) is 9.03. The van der Waals surface area contributed by atoms with E-state index in [-0.39, 0.29) is 11.6 Å². The molecule has 0 bridgehead atoms. The van der Waals surface area contributed by atoms with Crippen molar-refractivity contribution in [3.05, 3.63) is 41.2 Å². The Morgan fingerprint density at radius 3 is 2.34 bits per heavy atom. The fourth-order valence-corrected chi connectivity index (χ4v) is 2.88. The van der Waals surface area contributed by atoms with Crippen LogP contribution in [-0.4, -0.2) is 41.2 Å². The summed E-state index contributed by atoms with van der Waals surface area (Å²) in [5.41, 5.74) is 0.920. The molecule has 0 aliphatic rings. The van der Waals surface area contributed by atoms with Gasteiger partial charge in [-0.1, -0.05) is 11.6 Å². The first-order valence-corrected chi connectivity index (χ1v) is 9.40. The highest BCUT2D eigenvalue weighted by molar-refractivity contribution is 6.30. The Morgan fingerprint density at radius 1 is 1.10 bits per heavy atom. The fraction of sp³-hybridized carbons (Fsp3) is 0.389. The number of amides is 2. The molecule has 0 saturated heterocycles. The average Bonchev–Trinajstić information content (AvgIpc) is 3.37. The summed E-state index contributed by atoms with van der Waals surface area (Å²) in [7, 11) is 1.79. The van der Waals surface area contributed by atoms with Crippen LogP contribution in [0.3, 0.4) is 0 Å². The van der Waals surface area contributed by atoms with Crippen LogP contribution in [0.4, 0.5) is 11.4 Å². The van der Waals surface area contributed by atoms with Crippen LogP contribution in [0, 0.1) is 6.92 Å². The molecule has 0 aliphatic heterocycles. The van der Waals surface area contributed by atoms with Crippen molar-refractivity contribution in [2.45, 2.75) is 39.8 Å². The van der Waals surface area contributed by atoms with Gasteiger partial charge in [-0.15, -0.1) is 0 Å². The molecular weight excluding hydrogens is 396 g/mol. The number of aryl methyl sites for hydroxylation is 2. The molecule has 154 valence electrons. The molecule has 0 spiro atoms. The van der Waals surface area contributed by atoms with Crippen molar-refractivity contribution >= 4 is 34.8 Å². The van der Waals surface area contributed by atoms with Gasteiger partial charge in [0.15, 0.2) is 0 Å². The van der Waals surface area contributed by atoms with E-state index in [1.807, 2.05) is 13.8 Å². The summed E-state index contributed by atoms with van der Waals surface area (Å²) in [5.74, 6) is -0.754. The number of nitrogens with zero attached hydrogens (tertiary/aromatic N) is 6. The van der Waals surface area contributed by atoms with Gasteiger partial charge in [0.2, 0.25) is 0 Å². The van der Waals surface area contributed by atoms with E-state index < -0.39 is 11.4 Å². The lowest BCUT2D eigenvalue weighted by molar-refractivity contribution is -0.123. The monoisotopic (exact) mass is 418 g/mol. The Kier molecular flexibility index (Phi) is 5.47. The van der Waals surface area contributed by atoms with Gasteiger partial charge in [0.1, 0.15) is 11.2 Å². The van der Waals surface area contributed by atoms with E-state index in [0.29, 0.717) is 22.9 Å². The predicted molar refractivity (Wildman–Crippen MR) is 109 cm³/mol. The number of carbonyl (C=O) groups is 2. The van der Waals surface area contributed by atoms with Gasteiger partial charge in [0.05, 0.1) is 40.7 Å². The Labute approximate surface area is 172 Å². The van der Waals surface area contributed by atoms with Gasteiger partial charge < -0.3 is 10.6 Å². The van der Waals surface area contributed by atoms with Crippen molar-refractivity contribution in [3.63, 3.8) is 0 Å². The number of halogens is 1. The second-order valence-corrected chi connectivity index (χ2v) is 7.50. The van der Waals surface area contributed by atoms with Crippen LogP contribution >= 0.6 is 11.6 Å². The zero-order valence-corrected chi connectivity index (χ0v) is 17.7. The number of hydrogen-bond donors (Lipinski definition) is 2. The van der Waals surface area contributed by atoms with Gasteiger partial charge in [0.25, 0.3) is 11.8 Å². The van der Waals surface area contributed by atoms with Crippen molar-refractivity contribution in [3.8, 4) is 0 Å². The van der Waals surface area contributed by atoms with Gasteiger partial charge in [-0.05, 0) is 27.7 Å². The maximum Gasteiger partial charge on any atom is 0.276 e. The van der Waals surface area contributed by atoms with Crippen LogP contribution < -0.4 is 10.6 Å². The van der Waals surface area contributed by atoms with Crippen LogP contribution in [0.25, 0.3) is 0 Å². The summed E-state index contributed by atoms with van der Waals surface area (Å²) in [6, 6.07) is 0. The Balaban J connectivity index is 1.87. The lowest BCUT2D eigenvalue weighted by Crippen LogP contribution is -2.41. The highest BCUT2D eigenvalue weighted by Gasteiger charge is 2.32. The van der Waals surface area contributed by atoms with Gasteiger partial charge in [0, 0.05) is 19.8 Å². The highest BCUT2D eigenvalue weighted by Crippen LogP contribution is 2.23. The Morgan fingerprint density at radius 2 is 1.79 bits per heavy atom. The number of anilines is 2. The first kappa shape index (κ1) is 20.6. The molecule has 2 amide bonds. The van der Waals surface area contributed by atoms with Crippen LogP contribution in [0.2, 0.25) is 5.02 Å². The van der Waals surface area contributed by atoms with Gasteiger partial charge in [-0.2, -0.15) is 15.3 Å². The van der Waals surface area contributed by atoms with Crippen LogP contribution in [0.15, 0.2) is 24.8 Å². The van der Waals surface area contributed by atoms with E-state index in [2.05, 4.69) is 25.9 Å². The smallest absolute Gasteiger partial charge is 0.276 e. The third-order valence-electron chi connectivity index (χ3n) is 4.77. The summed E-state index contributed by atoms with van der Waals surface area (Å²) < 4.78 is 4.65. The maximum absolute atomic E-state index is 12.9. The van der Waals surface area contributed by atoms with E-state index in [4.69, 9.17) is 11.6 Å². The van der Waals surface area contributed by atoms with Crippen molar-refractivity contribution < 1.29 is 9.59 Å². The van der Waals surface area contributed by atoms with E-state index in [9.17, 15) is 9.59 Å². The van der Waals surface area contributed by atoms with Crippen molar-refractivity contribution in [2.75, 3.05) is 10.6 Å². The van der Waals surface area contributed by atoms with Crippen molar-refractivity contribution in [1.29, 1.82) is 0 Å². The standard InChI is InChI=1S/C18H23ClN8O2/c1-6-26-15(16(28)23-13-8-20-25(5)11(13)2)14(9-21-26)24-17(29)18(3,4)27-10-12(19)7-22-27/h7-10H,6H2,1-5H3,(H,23,28)(H,24,29). The molecule has 3 rings (SSSR count). The molecule has 11 heteroatoms. The fourth-order valence-electron chi connectivity index (χ4n) is 2.74. The maximum atomic E-state index is 12.9. The molecule has 0 atom stereocenters.